The van der Waals surface area contributed by atoms with Crippen LogP contribution in [-0.2, 0) is 29.8 Å². The van der Waals surface area contributed by atoms with Crippen LogP contribution in [0.25, 0.3) is 0 Å². The quantitative estimate of drug-likeness (QED) is 0.320. The predicted molar refractivity (Wildman–Crippen MR) is 119 cm³/mol. The lowest BCUT2D eigenvalue weighted by Crippen LogP contribution is -2.13. The monoisotopic (exact) mass is 455 g/mol. The second-order valence-corrected chi connectivity index (χ2v) is 10.3. The fourth-order valence-corrected chi connectivity index (χ4v) is 5.45. The molecule has 0 atom stereocenters. The minimum atomic E-state index is -3.73. The Labute approximate surface area is 179 Å². The van der Waals surface area contributed by atoms with Gasteiger partial charge in [-0.25, -0.2) is 8.42 Å². The molecule has 0 saturated carbocycles. The Morgan fingerprint density at radius 3 is 2.03 bits per heavy atom. The maximum Gasteiger partial charge on any atom is 0.335 e. The molecular weight excluding hydrogens is 425 g/mol. The first-order chi connectivity index (χ1) is 14.3. The van der Waals surface area contributed by atoms with Gasteiger partial charge in [0.05, 0.1) is 30.9 Å². The molecule has 0 amide bonds. The van der Waals surface area contributed by atoms with Gasteiger partial charge in [0.25, 0.3) is 10.0 Å². The Hall–Kier alpha value is -1.86. The molecule has 0 spiro atoms. The fourth-order valence-electron chi connectivity index (χ4n) is 2.69. The van der Waals surface area contributed by atoms with Crippen molar-refractivity contribution in [3.8, 4) is 5.75 Å². The summed E-state index contributed by atoms with van der Waals surface area (Å²) in [6.07, 6.45) is 2.10. The van der Waals surface area contributed by atoms with Gasteiger partial charge in [-0.2, -0.15) is 0 Å². The Kier molecular flexibility index (Phi) is 9.37. The van der Waals surface area contributed by atoms with Gasteiger partial charge in [0.2, 0.25) is 0 Å². The lowest BCUT2D eigenvalue weighted by molar-refractivity contribution is 0.219. The van der Waals surface area contributed by atoms with E-state index in [0.29, 0.717) is 18.0 Å². The summed E-state index contributed by atoms with van der Waals surface area (Å²) in [6, 6.07) is 13.0. The molecule has 0 bridgehead atoms. The van der Waals surface area contributed by atoms with Crippen molar-refractivity contribution in [2.75, 3.05) is 24.5 Å². The van der Waals surface area contributed by atoms with Gasteiger partial charge in [-0.3, -0.25) is 9.29 Å². The number of hydrogen-bond acceptors (Lipinski definition) is 6. The molecule has 0 radical (unpaired) electrons. The van der Waals surface area contributed by atoms with E-state index in [1.165, 1.54) is 12.1 Å². The van der Waals surface area contributed by atoms with Crippen molar-refractivity contribution in [2.45, 2.75) is 44.7 Å². The molecule has 7 nitrogen and oxygen atoms in total. The Morgan fingerprint density at radius 1 is 0.900 bits per heavy atom. The molecule has 30 heavy (non-hydrogen) atoms. The summed E-state index contributed by atoms with van der Waals surface area (Å²) in [5.74, 6) is 0.639. The van der Waals surface area contributed by atoms with E-state index >= 15 is 0 Å². The largest absolute Gasteiger partial charge is 0.494 e. The number of anilines is 1. The standard InChI is InChI=1S/C21H30NO6PS/c1-4-7-16-26-20-12-14-21(15-13-20)30(24,25)22-19-10-8-18(9-11-19)17-29(23,27-5-2)28-6-3/h8-15,22H,4-7,16-17H2,1-3H3. The number of unbranched alkanes of at least 4 members (excludes halogenated alkanes) is 1. The summed E-state index contributed by atoms with van der Waals surface area (Å²) in [5.41, 5.74) is 1.14. The van der Waals surface area contributed by atoms with Gasteiger partial charge in [-0.15, -0.1) is 0 Å². The molecule has 0 aromatic heterocycles. The van der Waals surface area contributed by atoms with E-state index in [2.05, 4.69) is 11.6 Å². The molecule has 0 unspecified atom stereocenters. The number of hydrogen-bond donors (Lipinski definition) is 1. The van der Waals surface area contributed by atoms with E-state index in [9.17, 15) is 13.0 Å². The molecule has 2 rings (SSSR count). The first-order valence-corrected chi connectivity index (χ1v) is 13.3. The molecule has 0 saturated heterocycles. The first-order valence-electron chi connectivity index (χ1n) is 10.0. The molecule has 0 aliphatic carbocycles. The Bertz CT molecular complexity index is 919. The zero-order chi connectivity index (χ0) is 22.0. The van der Waals surface area contributed by atoms with Crippen LogP contribution in [0, 0.1) is 0 Å². The van der Waals surface area contributed by atoms with Crippen molar-refractivity contribution >= 4 is 23.3 Å². The van der Waals surface area contributed by atoms with Crippen LogP contribution in [-0.4, -0.2) is 28.2 Å². The van der Waals surface area contributed by atoms with Crippen LogP contribution < -0.4 is 9.46 Å². The molecular formula is C21H30NO6PS. The highest BCUT2D eigenvalue weighted by molar-refractivity contribution is 7.92. The SMILES string of the molecule is CCCCOc1ccc(S(=O)(=O)Nc2ccc(CP(=O)(OCC)OCC)cc2)cc1. The minimum absolute atomic E-state index is 0.126. The molecule has 1 N–H and O–H groups in total. The van der Waals surface area contributed by atoms with E-state index in [1.54, 1.807) is 50.2 Å². The summed E-state index contributed by atoms with van der Waals surface area (Å²) in [5, 5.41) is 0. The Balaban J connectivity index is 2.04. The van der Waals surface area contributed by atoms with Crippen LogP contribution in [0.15, 0.2) is 53.4 Å². The molecule has 2 aromatic carbocycles. The van der Waals surface area contributed by atoms with Gasteiger partial charge >= 0.3 is 7.60 Å². The molecule has 166 valence electrons. The molecule has 0 aliphatic rings. The lowest BCUT2D eigenvalue weighted by Gasteiger charge is -2.17. The first kappa shape index (κ1) is 24.4. The predicted octanol–water partition coefficient (Wildman–Crippen LogP) is 5.43. The normalized spacial score (nSPS) is 12.0. The third-order valence-electron chi connectivity index (χ3n) is 4.13. The highest BCUT2D eigenvalue weighted by Gasteiger charge is 2.24. The van der Waals surface area contributed by atoms with Crippen molar-refractivity contribution in [3.63, 3.8) is 0 Å². The van der Waals surface area contributed by atoms with Crippen molar-refractivity contribution in [3.05, 3.63) is 54.1 Å². The minimum Gasteiger partial charge on any atom is -0.494 e. The highest BCUT2D eigenvalue weighted by atomic mass is 32.2. The molecule has 9 heteroatoms. The van der Waals surface area contributed by atoms with Crippen LogP contribution in [0.3, 0.4) is 0 Å². The smallest absolute Gasteiger partial charge is 0.335 e. The lowest BCUT2D eigenvalue weighted by atomic mass is 10.2. The van der Waals surface area contributed by atoms with Crippen LogP contribution >= 0.6 is 7.60 Å². The van der Waals surface area contributed by atoms with Gasteiger partial charge in [-0.05, 0) is 62.2 Å². The molecule has 0 aliphatic heterocycles. The topological polar surface area (TPSA) is 90.9 Å². The van der Waals surface area contributed by atoms with E-state index in [-0.39, 0.29) is 24.3 Å². The second kappa shape index (κ2) is 11.5. The third-order valence-corrected chi connectivity index (χ3v) is 7.59. The number of ether oxygens (including phenoxy) is 1. The zero-order valence-corrected chi connectivity index (χ0v) is 19.4. The number of rotatable bonds is 13. The number of sulfonamides is 1. The van der Waals surface area contributed by atoms with E-state index in [4.69, 9.17) is 13.8 Å². The van der Waals surface area contributed by atoms with E-state index < -0.39 is 17.6 Å². The molecule has 0 heterocycles. The third kappa shape index (κ3) is 7.43. The highest BCUT2D eigenvalue weighted by Crippen LogP contribution is 2.51. The van der Waals surface area contributed by atoms with Crippen LogP contribution in [0.2, 0.25) is 0 Å². The summed E-state index contributed by atoms with van der Waals surface area (Å²) in [7, 11) is -6.94. The second-order valence-electron chi connectivity index (χ2n) is 6.58. The average Bonchev–Trinajstić information content (AvgIpc) is 2.70. The van der Waals surface area contributed by atoms with Crippen molar-refractivity contribution in [1.29, 1.82) is 0 Å². The van der Waals surface area contributed by atoms with Gasteiger partial charge in [-0.1, -0.05) is 25.5 Å². The van der Waals surface area contributed by atoms with Crippen LogP contribution in [0.5, 0.6) is 5.75 Å². The van der Waals surface area contributed by atoms with Crippen molar-refractivity contribution < 1.29 is 26.8 Å². The van der Waals surface area contributed by atoms with E-state index in [0.717, 1.165) is 18.4 Å². The van der Waals surface area contributed by atoms with Crippen molar-refractivity contribution in [2.24, 2.45) is 0 Å². The number of nitrogens with one attached hydrogen (secondary N) is 1. The molecule has 2 aromatic rings. The summed E-state index contributed by atoms with van der Waals surface area (Å²) < 4.78 is 56.6. The van der Waals surface area contributed by atoms with E-state index in [1.807, 2.05) is 0 Å². The van der Waals surface area contributed by atoms with Crippen LogP contribution in [0.1, 0.15) is 39.2 Å². The molecule has 0 fully saturated rings. The van der Waals surface area contributed by atoms with Gasteiger partial charge < -0.3 is 13.8 Å². The fraction of sp³-hybridized carbons (Fsp3) is 0.429. The van der Waals surface area contributed by atoms with Gasteiger partial charge in [0.15, 0.2) is 0 Å². The summed E-state index contributed by atoms with van der Waals surface area (Å²) >= 11 is 0. The van der Waals surface area contributed by atoms with Crippen LogP contribution in [0.4, 0.5) is 5.69 Å². The average molecular weight is 456 g/mol. The van der Waals surface area contributed by atoms with Gasteiger partial charge in [0, 0.05) is 5.69 Å². The maximum atomic E-state index is 12.6. The summed E-state index contributed by atoms with van der Waals surface area (Å²) in [6.45, 7) is 6.77. The van der Waals surface area contributed by atoms with Crippen molar-refractivity contribution in [1.82, 2.24) is 0 Å². The number of benzene rings is 2. The Morgan fingerprint density at radius 2 is 1.50 bits per heavy atom. The summed E-state index contributed by atoms with van der Waals surface area (Å²) in [4.78, 5) is 0.145. The maximum absolute atomic E-state index is 12.6. The van der Waals surface area contributed by atoms with Gasteiger partial charge in [0.1, 0.15) is 5.75 Å². The zero-order valence-electron chi connectivity index (χ0n) is 17.7.